The molecule has 2 aromatic carbocycles. The van der Waals surface area contributed by atoms with Gasteiger partial charge in [-0.25, -0.2) is 0 Å². The largest absolute Gasteiger partial charge is 0.327 e. The Morgan fingerprint density at radius 3 is 2.35 bits per heavy atom. The first-order valence-electron chi connectivity index (χ1n) is 6.93. The van der Waals surface area contributed by atoms with Crippen LogP contribution in [0.2, 0.25) is 0 Å². The molecule has 1 aliphatic carbocycles. The van der Waals surface area contributed by atoms with Gasteiger partial charge >= 0.3 is 0 Å². The first kappa shape index (κ1) is 11.3. The Labute approximate surface area is 118 Å². The van der Waals surface area contributed by atoms with E-state index in [0.29, 0.717) is 0 Å². The molecule has 20 heavy (non-hydrogen) atoms. The molecule has 1 aromatic heterocycles. The molecule has 1 nitrogen and oxygen atoms in total. The van der Waals surface area contributed by atoms with Crippen LogP contribution in [0.15, 0.2) is 73.1 Å². The van der Waals surface area contributed by atoms with Crippen LogP contribution in [0.3, 0.4) is 0 Å². The van der Waals surface area contributed by atoms with Crippen molar-refractivity contribution in [3.63, 3.8) is 0 Å². The Kier molecular flexibility index (Phi) is 2.56. The van der Waals surface area contributed by atoms with Gasteiger partial charge in [-0.1, -0.05) is 48.5 Å². The first-order valence-corrected chi connectivity index (χ1v) is 6.93. The molecule has 4 rings (SSSR count). The fourth-order valence-corrected chi connectivity index (χ4v) is 2.91. The quantitative estimate of drug-likeness (QED) is 0.626. The molecule has 0 aliphatic heterocycles. The van der Waals surface area contributed by atoms with Crippen molar-refractivity contribution < 1.29 is 0 Å². The molecule has 1 aliphatic rings. The van der Waals surface area contributed by atoms with Gasteiger partial charge in [0.15, 0.2) is 0 Å². The lowest BCUT2D eigenvalue weighted by Crippen LogP contribution is -1.92. The van der Waals surface area contributed by atoms with Crippen LogP contribution < -0.4 is 0 Å². The topological polar surface area (TPSA) is 4.93 Å². The van der Waals surface area contributed by atoms with Gasteiger partial charge < -0.3 is 4.57 Å². The van der Waals surface area contributed by atoms with E-state index in [1.54, 1.807) is 0 Å². The first-order chi connectivity index (χ1) is 9.92. The number of fused-ring (bicyclic) bond motifs is 1. The molecule has 0 unspecified atom stereocenters. The third kappa shape index (κ3) is 1.79. The smallest absolute Gasteiger partial charge is 0.0270 e. The summed E-state index contributed by atoms with van der Waals surface area (Å²) in [6.07, 6.45) is 7.54. The Morgan fingerprint density at radius 1 is 0.750 bits per heavy atom. The highest BCUT2D eigenvalue weighted by Gasteiger charge is 2.16. The SMILES string of the molecule is C1=C(n2cccc2)Cc2cccc(-c3ccccc3)c21. The standard InChI is InChI=1S/C19H15N/c1-2-7-15(8-3-1)18-10-6-9-16-13-17(14-19(16)18)20-11-4-5-12-20/h1-12,14H,13H2. The summed E-state index contributed by atoms with van der Waals surface area (Å²) in [5.41, 5.74) is 6.73. The van der Waals surface area contributed by atoms with E-state index in [4.69, 9.17) is 0 Å². The Balaban J connectivity index is 1.84. The van der Waals surface area contributed by atoms with Gasteiger partial charge in [-0.3, -0.25) is 0 Å². The number of nitrogens with zero attached hydrogens (tertiary/aromatic N) is 1. The molecule has 0 saturated carbocycles. The summed E-state index contributed by atoms with van der Waals surface area (Å²) in [6, 6.07) is 21.4. The normalized spacial score (nSPS) is 13.1. The number of aromatic nitrogens is 1. The Morgan fingerprint density at radius 2 is 1.55 bits per heavy atom. The predicted octanol–water partition coefficient (Wildman–Crippen LogP) is 4.71. The highest BCUT2D eigenvalue weighted by atomic mass is 15.0. The van der Waals surface area contributed by atoms with Crippen molar-refractivity contribution in [3.8, 4) is 11.1 Å². The molecule has 0 saturated heterocycles. The zero-order valence-electron chi connectivity index (χ0n) is 11.2. The molecule has 96 valence electrons. The molecule has 1 heterocycles. The van der Waals surface area contributed by atoms with Crippen molar-refractivity contribution in [1.29, 1.82) is 0 Å². The Hall–Kier alpha value is -2.54. The van der Waals surface area contributed by atoms with Crippen molar-refractivity contribution in [2.45, 2.75) is 6.42 Å². The summed E-state index contributed by atoms with van der Waals surface area (Å²) >= 11 is 0. The van der Waals surface area contributed by atoms with E-state index < -0.39 is 0 Å². The molecular formula is C19H15N. The van der Waals surface area contributed by atoms with Gasteiger partial charge in [0.1, 0.15) is 0 Å². The molecular weight excluding hydrogens is 242 g/mol. The van der Waals surface area contributed by atoms with Crippen molar-refractivity contribution in [2.24, 2.45) is 0 Å². The van der Waals surface area contributed by atoms with E-state index in [1.807, 2.05) is 0 Å². The summed E-state index contributed by atoms with van der Waals surface area (Å²) in [7, 11) is 0. The molecule has 3 aromatic rings. The number of allylic oxidation sites excluding steroid dienone is 1. The summed E-state index contributed by atoms with van der Waals surface area (Å²) in [4.78, 5) is 0. The van der Waals surface area contributed by atoms with Gasteiger partial charge in [-0.15, -0.1) is 0 Å². The minimum atomic E-state index is 1.00. The van der Waals surface area contributed by atoms with Crippen molar-refractivity contribution in [2.75, 3.05) is 0 Å². The van der Waals surface area contributed by atoms with E-state index >= 15 is 0 Å². The highest BCUT2D eigenvalue weighted by Crippen LogP contribution is 2.35. The molecule has 0 radical (unpaired) electrons. The van der Waals surface area contributed by atoms with Crippen LogP contribution in [-0.2, 0) is 6.42 Å². The fraction of sp³-hybridized carbons (Fsp3) is 0.0526. The van der Waals surface area contributed by atoms with Crippen molar-refractivity contribution in [3.05, 3.63) is 84.2 Å². The number of rotatable bonds is 2. The molecule has 0 atom stereocenters. The van der Waals surface area contributed by atoms with Gasteiger partial charge in [0.25, 0.3) is 0 Å². The van der Waals surface area contributed by atoms with E-state index in [1.165, 1.54) is 28.0 Å². The Bertz CT molecular complexity index is 765. The zero-order chi connectivity index (χ0) is 13.4. The van der Waals surface area contributed by atoms with Crippen molar-refractivity contribution in [1.82, 2.24) is 4.57 Å². The summed E-state index contributed by atoms with van der Waals surface area (Å²) < 4.78 is 2.20. The lowest BCUT2D eigenvalue weighted by molar-refractivity contribution is 1.06. The highest BCUT2D eigenvalue weighted by molar-refractivity contribution is 5.88. The fourth-order valence-electron chi connectivity index (χ4n) is 2.91. The van der Waals surface area contributed by atoms with Crippen LogP contribution in [0.4, 0.5) is 0 Å². The predicted molar refractivity (Wildman–Crippen MR) is 84.2 cm³/mol. The lowest BCUT2D eigenvalue weighted by atomic mass is 9.97. The molecule has 0 spiro atoms. The average molecular weight is 257 g/mol. The van der Waals surface area contributed by atoms with E-state index in [0.717, 1.165) is 6.42 Å². The van der Waals surface area contributed by atoms with E-state index in [2.05, 4.69) is 83.7 Å². The maximum absolute atomic E-state index is 2.32. The van der Waals surface area contributed by atoms with Gasteiger partial charge in [0.05, 0.1) is 0 Å². The molecule has 0 fully saturated rings. The third-order valence-electron chi connectivity index (χ3n) is 3.90. The summed E-state index contributed by atoms with van der Waals surface area (Å²) in [5, 5.41) is 0. The van der Waals surface area contributed by atoms with Crippen LogP contribution in [-0.4, -0.2) is 4.57 Å². The molecule has 1 heteroatoms. The second-order valence-electron chi connectivity index (χ2n) is 5.15. The lowest BCUT2D eigenvalue weighted by Gasteiger charge is -2.07. The second kappa shape index (κ2) is 4.53. The number of hydrogen-bond donors (Lipinski definition) is 0. The van der Waals surface area contributed by atoms with Crippen LogP contribution >= 0.6 is 0 Å². The van der Waals surface area contributed by atoms with Crippen LogP contribution in [0.25, 0.3) is 22.9 Å². The van der Waals surface area contributed by atoms with Gasteiger partial charge in [0, 0.05) is 24.5 Å². The molecule has 0 N–H and O–H groups in total. The van der Waals surface area contributed by atoms with E-state index in [9.17, 15) is 0 Å². The molecule has 0 amide bonds. The maximum atomic E-state index is 2.32. The monoisotopic (exact) mass is 257 g/mol. The second-order valence-corrected chi connectivity index (χ2v) is 5.15. The number of benzene rings is 2. The van der Waals surface area contributed by atoms with Crippen molar-refractivity contribution >= 4 is 11.8 Å². The van der Waals surface area contributed by atoms with Gasteiger partial charge in [-0.2, -0.15) is 0 Å². The van der Waals surface area contributed by atoms with Crippen LogP contribution in [0.5, 0.6) is 0 Å². The minimum Gasteiger partial charge on any atom is -0.327 e. The van der Waals surface area contributed by atoms with Gasteiger partial charge in [-0.05, 0) is 40.5 Å². The average Bonchev–Trinajstić information content (AvgIpc) is 3.16. The maximum Gasteiger partial charge on any atom is 0.0270 e. The minimum absolute atomic E-state index is 1.00. The van der Waals surface area contributed by atoms with Crippen LogP contribution in [0, 0.1) is 0 Å². The third-order valence-corrected chi connectivity index (χ3v) is 3.90. The number of hydrogen-bond acceptors (Lipinski definition) is 0. The van der Waals surface area contributed by atoms with Gasteiger partial charge in [0.2, 0.25) is 0 Å². The zero-order valence-corrected chi connectivity index (χ0v) is 11.2. The van der Waals surface area contributed by atoms with Crippen LogP contribution in [0.1, 0.15) is 11.1 Å². The molecule has 0 bridgehead atoms. The van der Waals surface area contributed by atoms with E-state index in [-0.39, 0.29) is 0 Å². The summed E-state index contributed by atoms with van der Waals surface area (Å²) in [5.74, 6) is 0. The summed E-state index contributed by atoms with van der Waals surface area (Å²) in [6.45, 7) is 0.